The fourth-order valence-electron chi connectivity index (χ4n) is 2.09. The van der Waals surface area contributed by atoms with Crippen molar-refractivity contribution in [3.63, 3.8) is 0 Å². The third-order valence-corrected chi connectivity index (χ3v) is 3.35. The van der Waals surface area contributed by atoms with Crippen molar-refractivity contribution in [1.29, 1.82) is 0 Å². The number of nitrogens with zero attached hydrogens (tertiary/aromatic N) is 1. The maximum Gasteiger partial charge on any atom is 0.267 e. The quantitative estimate of drug-likeness (QED) is 0.828. The molecular weight excluding hydrogens is 302 g/mol. The largest absolute Gasteiger partial charge is 0.349 e. The smallest absolute Gasteiger partial charge is 0.267 e. The van der Waals surface area contributed by atoms with Crippen molar-refractivity contribution in [3.8, 4) is 0 Å². The molecule has 1 atom stereocenters. The van der Waals surface area contributed by atoms with E-state index < -0.39 is 0 Å². The zero-order chi connectivity index (χ0) is 15.4. The molecule has 2 aromatic rings. The molecule has 0 spiro atoms. The molecule has 1 aromatic heterocycles. The molecule has 0 fully saturated rings. The molecule has 0 aliphatic heterocycles. The Hall–Kier alpha value is -2.11. The Balaban J connectivity index is 0.00000242. The van der Waals surface area contributed by atoms with Crippen molar-refractivity contribution in [3.05, 3.63) is 59.4 Å². The van der Waals surface area contributed by atoms with Gasteiger partial charge >= 0.3 is 0 Å². The predicted octanol–water partition coefficient (Wildman–Crippen LogP) is 2.08. The lowest BCUT2D eigenvalue weighted by Gasteiger charge is -2.13. The summed E-state index contributed by atoms with van der Waals surface area (Å²) in [5.74, 6) is -0.304. The number of halogens is 1. The minimum absolute atomic E-state index is 0. The lowest BCUT2D eigenvalue weighted by Crippen LogP contribution is -2.32. The summed E-state index contributed by atoms with van der Waals surface area (Å²) in [5.41, 5.74) is 7.97. The minimum atomic E-state index is -0.261. The van der Waals surface area contributed by atoms with Crippen LogP contribution in [-0.4, -0.2) is 22.8 Å². The maximum absolute atomic E-state index is 12.1. The van der Waals surface area contributed by atoms with Crippen LogP contribution in [0.2, 0.25) is 0 Å². The molecule has 5 nitrogen and oxygen atoms in total. The second-order valence-electron chi connectivity index (χ2n) is 5.01. The zero-order valence-electron chi connectivity index (χ0n) is 12.6. The van der Waals surface area contributed by atoms with Gasteiger partial charge in [0.25, 0.3) is 5.91 Å². The first-order valence-corrected chi connectivity index (χ1v) is 6.75. The molecule has 118 valence electrons. The highest BCUT2D eigenvalue weighted by molar-refractivity contribution is 5.99. The van der Waals surface area contributed by atoms with Gasteiger partial charge in [-0.05, 0) is 18.6 Å². The second-order valence-corrected chi connectivity index (χ2v) is 5.01. The normalized spacial score (nSPS) is 11.4. The summed E-state index contributed by atoms with van der Waals surface area (Å²) < 4.78 is 1.64. The summed E-state index contributed by atoms with van der Waals surface area (Å²) in [7, 11) is 1.73. The number of benzene rings is 1. The molecule has 3 N–H and O–H groups in total. The van der Waals surface area contributed by atoms with Crippen molar-refractivity contribution in [2.24, 2.45) is 12.8 Å². The summed E-state index contributed by atoms with van der Waals surface area (Å²) in [6.45, 7) is 1.81. The highest BCUT2D eigenvalue weighted by Gasteiger charge is 2.15. The molecule has 1 heterocycles. The molecule has 1 unspecified atom stereocenters. The number of hydrogen-bond donors (Lipinski definition) is 2. The van der Waals surface area contributed by atoms with Gasteiger partial charge in [0.2, 0.25) is 0 Å². The van der Waals surface area contributed by atoms with Crippen LogP contribution in [-0.2, 0) is 7.05 Å². The minimum Gasteiger partial charge on any atom is -0.349 e. The molecule has 0 saturated carbocycles. The van der Waals surface area contributed by atoms with Crippen LogP contribution < -0.4 is 11.1 Å². The SMILES string of the molecule is CC(=O)c1cc(C(=O)NCC(N)c2ccccc2)n(C)c1.Cl. The van der Waals surface area contributed by atoms with E-state index in [1.54, 1.807) is 23.9 Å². The fourth-order valence-corrected chi connectivity index (χ4v) is 2.09. The lowest BCUT2D eigenvalue weighted by molar-refractivity contribution is 0.0943. The van der Waals surface area contributed by atoms with E-state index in [4.69, 9.17) is 5.73 Å². The fraction of sp³-hybridized carbons (Fsp3) is 0.250. The van der Waals surface area contributed by atoms with Crippen LogP contribution in [0.4, 0.5) is 0 Å². The Morgan fingerprint density at radius 3 is 2.45 bits per heavy atom. The molecule has 0 saturated heterocycles. The van der Waals surface area contributed by atoms with Crippen molar-refractivity contribution in [1.82, 2.24) is 9.88 Å². The van der Waals surface area contributed by atoms with E-state index in [-0.39, 0.29) is 30.1 Å². The summed E-state index contributed by atoms with van der Waals surface area (Å²) in [4.78, 5) is 23.5. The number of amides is 1. The summed E-state index contributed by atoms with van der Waals surface area (Å²) in [6.07, 6.45) is 1.65. The highest BCUT2D eigenvalue weighted by atomic mass is 35.5. The van der Waals surface area contributed by atoms with Crippen LogP contribution in [0.3, 0.4) is 0 Å². The van der Waals surface area contributed by atoms with Crippen LogP contribution in [0.5, 0.6) is 0 Å². The molecule has 0 radical (unpaired) electrons. The average molecular weight is 322 g/mol. The van der Waals surface area contributed by atoms with Crippen LogP contribution in [0, 0.1) is 0 Å². The number of hydrogen-bond acceptors (Lipinski definition) is 3. The van der Waals surface area contributed by atoms with E-state index >= 15 is 0 Å². The van der Waals surface area contributed by atoms with E-state index in [0.29, 0.717) is 17.8 Å². The van der Waals surface area contributed by atoms with E-state index in [1.807, 2.05) is 30.3 Å². The number of aryl methyl sites for hydroxylation is 1. The van der Waals surface area contributed by atoms with Crippen LogP contribution >= 0.6 is 12.4 Å². The number of Topliss-reactive ketones (excluding diaryl/α,β-unsaturated/α-hetero) is 1. The van der Waals surface area contributed by atoms with Crippen molar-refractivity contribution in [2.45, 2.75) is 13.0 Å². The summed E-state index contributed by atoms with van der Waals surface area (Å²) in [5, 5.41) is 2.79. The molecule has 6 heteroatoms. The van der Waals surface area contributed by atoms with Gasteiger partial charge in [0.05, 0.1) is 0 Å². The molecule has 0 bridgehead atoms. The topological polar surface area (TPSA) is 77.1 Å². The Morgan fingerprint density at radius 2 is 1.91 bits per heavy atom. The number of rotatable bonds is 5. The van der Waals surface area contributed by atoms with Crippen LogP contribution in [0.25, 0.3) is 0 Å². The van der Waals surface area contributed by atoms with E-state index in [9.17, 15) is 9.59 Å². The van der Waals surface area contributed by atoms with Crippen LogP contribution in [0.1, 0.15) is 39.4 Å². The van der Waals surface area contributed by atoms with Gasteiger partial charge in [-0.15, -0.1) is 12.4 Å². The predicted molar refractivity (Wildman–Crippen MR) is 88.4 cm³/mol. The first kappa shape index (κ1) is 17.9. The zero-order valence-corrected chi connectivity index (χ0v) is 13.4. The molecular formula is C16H20ClN3O2. The molecule has 22 heavy (non-hydrogen) atoms. The van der Waals surface area contributed by atoms with E-state index in [2.05, 4.69) is 5.32 Å². The number of carbonyl (C=O) groups excluding carboxylic acids is 2. The Kier molecular flexibility index (Phi) is 6.34. The monoisotopic (exact) mass is 321 g/mol. The van der Waals surface area contributed by atoms with Gasteiger partial charge in [0.15, 0.2) is 5.78 Å². The first-order valence-electron chi connectivity index (χ1n) is 6.75. The van der Waals surface area contributed by atoms with Crippen molar-refractivity contribution < 1.29 is 9.59 Å². The number of carbonyl (C=O) groups is 2. The van der Waals surface area contributed by atoms with Gasteiger partial charge in [0.1, 0.15) is 5.69 Å². The molecule has 0 aliphatic carbocycles. The number of nitrogens with two attached hydrogens (primary N) is 1. The van der Waals surface area contributed by atoms with Gasteiger partial charge in [0, 0.05) is 31.4 Å². The second kappa shape index (κ2) is 7.77. The number of nitrogens with one attached hydrogen (secondary N) is 1. The first-order chi connectivity index (χ1) is 9.99. The van der Waals surface area contributed by atoms with Gasteiger partial charge in [-0.1, -0.05) is 30.3 Å². The van der Waals surface area contributed by atoms with Gasteiger partial charge < -0.3 is 15.6 Å². The third kappa shape index (κ3) is 4.19. The van der Waals surface area contributed by atoms with Crippen LogP contribution in [0.15, 0.2) is 42.6 Å². The van der Waals surface area contributed by atoms with Gasteiger partial charge in [-0.2, -0.15) is 0 Å². The Morgan fingerprint density at radius 1 is 1.27 bits per heavy atom. The molecule has 2 rings (SSSR count). The standard InChI is InChI=1S/C16H19N3O2.ClH/c1-11(20)13-8-15(19(2)10-13)16(21)18-9-14(17)12-6-4-3-5-7-12;/h3-8,10,14H,9,17H2,1-2H3,(H,18,21);1H. The molecule has 0 aliphatic rings. The summed E-state index contributed by atoms with van der Waals surface area (Å²) in [6, 6.07) is 10.9. The van der Waals surface area contributed by atoms with Gasteiger partial charge in [-0.25, -0.2) is 0 Å². The lowest BCUT2D eigenvalue weighted by atomic mass is 10.1. The Bertz CT molecular complexity index is 653. The maximum atomic E-state index is 12.1. The van der Waals surface area contributed by atoms with E-state index in [1.165, 1.54) is 6.92 Å². The van der Waals surface area contributed by atoms with Gasteiger partial charge in [-0.3, -0.25) is 9.59 Å². The van der Waals surface area contributed by atoms with Crippen molar-refractivity contribution >= 4 is 24.1 Å². The number of ketones is 1. The van der Waals surface area contributed by atoms with Crippen molar-refractivity contribution in [2.75, 3.05) is 6.54 Å². The van der Waals surface area contributed by atoms with E-state index in [0.717, 1.165) is 5.56 Å². The molecule has 1 aromatic carbocycles. The Labute approximate surface area is 135 Å². The molecule has 1 amide bonds. The third-order valence-electron chi connectivity index (χ3n) is 3.35. The number of aromatic nitrogens is 1. The average Bonchev–Trinajstić information content (AvgIpc) is 2.87. The summed E-state index contributed by atoms with van der Waals surface area (Å²) >= 11 is 0. The highest BCUT2D eigenvalue weighted by Crippen LogP contribution is 2.10.